The number of ether oxygens (including phenoxy) is 1. The number of aryl methyl sites for hydroxylation is 1. The highest BCUT2D eigenvalue weighted by atomic mass is 79.9. The Morgan fingerprint density at radius 3 is 2.81 bits per heavy atom. The van der Waals surface area contributed by atoms with Gasteiger partial charge in [-0.05, 0) is 30.7 Å². The molecule has 21 heavy (non-hydrogen) atoms. The lowest BCUT2D eigenvalue weighted by Crippen LogP contribution is -2.16. The van der Waals surface area contributed by atoms with Crippen molar-refractivity contribution in [3.63, 3.8) is 0 Å². The Bertz CT molecular complexity index is 676. The molecule has 4 nitrogen and oxygen atoms in total. The van der Waals surface area contributed by atoms with Crippen LogP contribution in [0, 0.1) is 6.92 Å². The van der Waals surface area contributed by atoms with Gasteiger partial charge >= 0.3 is 0 Å². The molecule has 0 saturated carbocycles. The lowest BCUT2D eigenvalue weighted by atomic mass is 10.0. The standard InChI is InChI=1S/C15H13BrClNO3/c1-9-3-2-4-11(15(20)18-16)12(9)8-21-14-6-5-10(19)7-13(14)17/h2-7,19H,8H2,1H3,(H,18,20). The Balaban J connectivity index is 2.25. The maximum atomic E-state index is 11.8. The van der Waals surface area contributed by atoms with Gasteiger partial charge in [0.2, 0.25) is 0 Å². The van der Waals surface area contributed by atoms with E-state index in [2.05, 4.69) is 20.5 Å². The fourth-order valence-corrected chi connectivity index (χ4v) is 2.36. The van der Waals surface area contributed by atoms with E-state index < -0.39 is 0 Å². The zero-order chi connectivity index (χ0) is 15.4. The number of hydrogen-bond acceptors (Lipinski definition) is 3. The minimum atomic E-state index is -0.242. The molecule has 0 aliphatic rings. The van der Waals surface area contributed by atoms with Crippen molar-refractivity contribution in [2.75, 3.05) is 0 Å². The van der Waals surface area contributed by atoms with Crippen LogP contribution >= 0.6 is 27.7 Å². The predicted molar refractivity (Wildman–Crippen MR) is 85.0 cm³/mol. The van der Waals surface area contributed by atoms with E-state index in [0.717, 1.165) is 11.1 Å². The Morgan fingerprint density at radius 2 is 2.14 bits per heavy atom. The normalized spacial score (nSPS) is 10.2. The third kappa shape index (κ3) is 3.68. The van der Waals surface area contributed by atoms with Crippen molar-refractivity contribution in [2.45, 2.75) is 13.5 Å². The number of amides is 1. The molecule has 0 saturated heterocycles. The number of hydrogen-bond donors (Lipinski definition) is 2. The van der Waals surface area contributed by atoms with Crippen molar-refractivity contribution in [2.24, 2.45) is 0 Å². The largest absolute Gasteiger partial charge is 0.508 e. The number of rotatable bonds is 4. The molecule has 110 valence electrons. The number of nitrogens with one attached hydrogen (secondary N) is 1. The van der Waals surface area contributed by atoms with Crippen molar-refractivity contribution in [1.82, 2.24) is 4.34 Å². The average Bonchev–Trinajstić information content (AvgIpc) is 2.46. The zero-order valence-corrected chi connectivity index (χ0v) is 13.5. The summed E-state index contributed by atoms with van der Waals surface area (Å²) < 4.78 is 8.08. The van der Waals surface area contributed by atoms with Gasteiger partial charge in [0.1, 0.15) is 18.1 Å². The second-order valence-corrected chi connectivity index (χ2v) is 5.23. The number of carbonyl (C=O) groups is 1. The van der Waals surface area contributed by atoms with E-state index in [0.29, 0.717) is 16.3 Å². The van der Waals surface area contributed by atoms with Gasteiger partial charge in [-0.3, -0.25) is 9.14 Å². The molecule has 6 heteroatoms. The van der Waals surface area contributed by atoms with Crippen molar-refractivity contribution >= 4 is 33.7 Å². The first kappa shape index (κ1) is 15.7. The molecule has 0 aromatic heterocycles. The first-order chi connectivity index (χ1) is 10.0. The van der Waals surface area contributed by atoms with Crippen molar-refractivity contribution in [1.29, 1.82) is 0 Å². The topological polar surface area (TPSA) is 58.6 Å². The Labute approximate surface area is 136 Å². The van der Waals surface area contributed by atoms with E-state index in [4.69, 9.17) is 16.3 Å². The molecule has 2 aromatic rings. The van der Waals surface area contributed by atoms with Crippen molar-refractivity contribution < 1.29 is 14.6 Å². The maximum absolute atomic E-state index is 11.8. The summed E-state index contributed by atoms with van der Waals surface area (Å²) in [6, 6.07) is 9.92. The Hall–Kier alpha value is -1.72. The number of benzene rings is 2. The van der Waals surface area contributed by atoms with Crippen LogP contribution < -0.4 is 9.08 Å². The van der Waals surface area contributed by atoms with Crippen LogP contribution in [0.4, 0.5) is 0 Å². The molecule has 0 aliphatic heterocycles. The quantitative estimate of drug-likeness (QED) is 0.801. The second kappa shape index (κ2) is 6.83. The SMILES string of the molecule is Cc1cccc(C(=O)NBr)c1COc1ccc(O)cc1Cl. The van der Waals surface area contributed by atoms with Crippen molar-refractivity contribution in [3.8, 4) is 11.5 Å². The van der Waals surface area contributed by atoms with Gasteiger partial charge in [-0.15, -0.1) is 0 Å². The highest BCUT2D eigenvalue weighted by molar-refractivity contribution is 9.08. The van der Waals surface area contributed by atoms with Crippen molar-refractivity contribution in [3.05, 3.63) is 58.1 Å². The summed E-state index contributed by atoms with van der Waals surface area (Å²) >= 11 is 8.93. The fraction of sp³-hybridized carbons (Fsp3) is 0.133. The van der Waals surface area contributed by atoms with Crippen LogP contribution in [-0.4, -0.2) is 11.0 Å². The van der Waals surface area contributed by atoms with Gasteiger partial charge in [-0.25, -0.2) is 0 Å². The number of aromatic hydroxyl groups is 1. The van der Waals surface area contributed by atoms with Crippen LogP contribution in [-0.2, 0) is 6.61 Å². The average molecular weight is 371 g/mol. The second-order valence-electron chi connectivity index (χ2n) is 4.43. The van der Waals surface area contributed by atoms with Gasteiger partial charge in [-0.2, -0.15) is 0 Å². The zero-order valence-electron chi connectivity index (χ0n) is 11.2. The highest BCUT2D eigenvalue weighted by Gasteiger charge is 2.13. The molecule has 2 N–H and O–H groups in total. The predicted octanol–water partition coefficient (Wildman–Crippen LogP) is 3.97. The van der Waals surface area contributed by atoms with E-state index in [1.807, 2.05) is 19.1 Å². The summed E-state index contributed by atoms with van der Waals surface area (Å²) in [4.78, 5) is 11.8. The van der Waals surface area contributed by atoms with Crippen LogP contribution in [0.15, 0.2) is 36.4 Å². The van der Waals surface area contributed by atoms with Gasteiger partial charge in [0.15, 0.2) is 0 Å². The molecule has 0 unspecified atom stereocenters. The van der Waals surface area contributed by atoms with Gasteiger partial charge in [-0.1, -0.05) is 23.7 Å². The Morgan fingerprint density at radius 1 is 1.38 bits per heavy atom. The summed E-state index contributed by atoms with van der Waals surface area (Å²) in [7, 11) is 0. The summed E-state index contributed by atoms with van der Waals surface area (Å²) in [5, 5.41) is 9.63. The molecule has 0 radical (unpaired) electrons. The van der Waals surface area contributed by atoms with E-state index in [1.54, 1.807) is 12.1 Å². The molecule has 0 heterocycles. The monoisotopic (exact) mass is 369 g/mol. The summed E-state index contributed by atoms with van der Waals surface area (Å²) in [6.07, 6.45) is 0. The molecule has 0 spiro atoms. The molecule has 0 bridgehead atoms. The van der Waals surface area contributed by atoms with E-state index in [-0.39, 0.29) is 18.3 Å². The molecule has 2 aromatic carbocycles. The van der Waals surface area contributed by atoms with Crippen LogP contribution in [0.2, 0.25) is 5.02 Å². The number of phenols is 1. The smallest absolute Gasteiger partial charge is 0.261 e. The molecular formula is C15H13BrClNO3. The van der Waals surface area contributed by atoms with Gasteiger partial charge < -0.3 is 9.84 Å². The highest BCUT2D eigenvalue weighted by Crippen LogP contribution is 2.29. The first-order valence-corrected chi connectivity index (χ1v) is 7.31. The lowest BCUT2D eigenvalue weighted by Gasteiger charge is -2.13. The molecular weight excluding hydrogens is 358 g/mol. The minimum Gasteiger partial charge on any atom is -0.508 e. The molecule has 2 rings (SSSR count). The number of carbonyl (C=O) groups excluding carboxylic acids is 1. The molecule has 0 atom stereocenters. The van der Waals surface area contributed by atoms with E-state index >= 15 is 0 Å². The third-order valence-corrected chi connectivity index (χ3v) is 3.68. The lowest BCUT2D eigenvalue weighted by molar-refractivity contribution is 0.0984. The number of halogens is 2. The molecule has 1 amide bonds. The van der Waals surface area contributed by atoms with Gasteiger partial charge in [0.05, 0.1) is 5.02 Å². The Kier molecular flexibility index (Phi) is 5.09. The van der Waals surface area contributed by atoms with Crippen LogP contribution in [0.25, 0.3) is 0 Å². The summed E-state index contributed by atoms with van der Waals surface area (Å²) in [5.41, 5.74) is 2.25. The summed E-state index contributed by atoms with van der Waals surface area (Å²) in [5.74, 6) is 0.277. The molecule has 0 fully saturated rings. The number of phenolic OH excluding ortho intramolecular Hbond substituents is 1. The maximum Gasteiger partial charge on any atom is 0.261 e. The van der Waals surface area contributed by atoms with E-state index in [1.165, 1.54) is 12.1 Å². The van der Waals surface area contributed by atoms with Crippen LogP contribution in [0.3, 0.4) is 0 Å². The summed E-state index contributed by atoms with van der Waals surface area (Å²) in [6.45, 7) is 2.11. The van der Waals surface area contributed by atoms with Crippen LogP contribution in [0.5, 0.6) is 11.5 Å². The minimum absolute atomic E-state index is 0.0718. The van der Waals surface area contributed by atoms with E-state index in [9.17, 15) is 9.90 Å². The van der Waals surface area contributed by atoms with Gasteiger partial charge in [0.25, 0.3) is 5.91 Å². The van der Waals surface area contributed by atoms with Gasteiger partial charge in [0, 0.05) is 33.3 Å². The third-order valence-electron chi connectivity index (χ3n) is 3.03. The first-order valence-electron chi connectivity index (χ1n) is 6.13. The fourth-order valence-electron chi connectivity index (χ4n) is 1.91. The van der Waals surface area contributed by atoms with Crippen LogP contribution in [0.1, 0.15) is 21.5 Å². The molecule has 0 aliphatic carbocycles.